The molecule has 4 nitrogen and oxygen atoms in total. The number of aryl methyl sites for hydroxylation is 1. The zero-order valence-corrected chi connectivity index (χ0v) is 9.21. The fraction of sp³-hybridized carbons (Fsp3) is 0.700. The van der Waals surface area contributed by atoms with E-state index in [0.29, 0.717) is 0 Å². The van der Waals surface area contributed by atoms with Gasteiger partial charge in [-0.15, -0.1) is 0 Å². The third-order valence-electron chi connectivity index (χ3n) is 2.00. The Morgan fingerprint density at radius 3 is 2.50 bits per heavy atom. The van der Waals surface area contributed by atoms with E-state index < -0.39 is 0 Å². The lowest BCUT2D eigenvalue weighted by Gasteiger charge is -2.26. The second-order valence-electron chi connectivity index (χ2n) is 2.99. The summed E-state index contributed by atoms with van der Waals surface area (Å²) < 4.78 is 5.24. The number of imidazole rings is 1. The van der Waals surface area contributed by atoms with Gasteiger partial charge in [0.25, 0.3) is 0 Å². The van der Waals surface area contributed by atoms with Crippen molar-refractivity contribution in [1.82, 2.24) is 9.97 Å². The van der Waals surface area contributed by atoms with Crippen molar-refractivity contribution in [3.8, 4) is 0 Å². The zero-order chi connectivity index (χ0) is 10.4. The molecule has 0 aliphatic carbocycles. The Labute approximate surface area is 85.3 Å². The normalized spacial score (nSPS) is 16.1. The van der Waals surface area contributed by atoms with Crippen molar-refractivity contribution >= 4 is 5.95 Å². The summed E-state index contributed by atoms with van der Waals surface area (Å²) >= 11 is 0. The predicted molar refractivity (Wildman–Crippen MR) is 57.7 cm³/mol. The summed E-state index contributed by atoms with van der Waals surface area (Å²) in [6, 6.07) is 0. The van der Waals surface area contributed by atoms with E-state index in [9.17, 15) is 0 Å². The highest BCUT2D eigenvalue weighted by molar-refractivity contribution is 5.31. The van der Waals surface area contributed by atoms with Crippen LogP contribution in [0.25, 0.3) is 0 Å². The maximum Gasteiger partial charge on any atom is 0.203 e. The summed E-state index contributed by atoms with van der Waals surface area (Å²) in [5.74, 6) is 0.968. The van der Waals surface area contributed by atoms with E-state index in [1.807, 2.05) is 27.0 Å². The van der Waals surface area contributed by atoms with Gasteiger partial charge in [-0.2, -0.15) is 0 Å². The number of rotatable bonds is 1. The Bertz CT molecular complexity index is 254. The molecular weight excluding hydrogens is 178 g/mol. The van der Waals surface area contributed by atoms with Crippen LogP contribution in [-0.2, 0) is 4.74 Å². The molecule has 0 spiro atoms. The van der Waals surface area contributed by atoms with Gasteiger partial charge in [0.1, 0.15) is 0 Å². The number of aromatic nitrogens is 2. The first-order chi connectivity index (χ1) is 6.86. The smallest absolute Gasteiger partial charge is 0.203 e. The van der Waals surface area contributed by atoms with Crippen LogP contribution >= 0.6 is 0 Å². The van der Waals surface area contributed by atoms with Crippen molar-refractivity contribution in [2.24, 2.45) is 0 Å². The number of nitrogens with one attached hydrogen (secondary N) is 1. The number of hydrogen-bond acceptors (Lipinski definition) is 3. The molecule has 1 aromatic rings. The van der Waals surface area contributed by atoms with Gasteiger partial charge in [-0.05, 0) is 6.92 Å². The summed E-state index contributed by atoms with van der Waals surface area (Å²) in [6.07, 6.45) is 1.85. The van der Waals surface area contributed by atoms with Gasteiger partial charge >= 0.3 is 0 Å². The highest BCUT2D eigenvalue weighted by atomic mass is 16.5. The van der Waals surface area contributed by atoms with Crippen molar-refractivity contribution in [3.05, 3.63) is 11.9 Å². The lowest BCUT2D eigenvalue weighted by atomic mass is 10.4. The van der Waals surface area contributed by atoms with Gasteiger partial charge < -0.3 is 14.6 Å². The largest absolute Gasteiger partial charge is 0.378 e. The average Bonchev–Trinajstić information content (AvgIpc) is 2.69. The van der Waals surface area contributed by atoms with Crippen LogP contribution in [-0.4, -0.2) is 36.3 Å². The fourth-order valence-corrected chi connectivity index (χ4v) is 1.33. The number of ether oxygens (including phenoxy) is 1. The highest BCUT2D eigenvalue weighted by Crippen LogP contribution is 2.09. The molecule has 1 fully saturated rings. The van der Waals surface area contributed by atoms with E-state index in [2.05, 4.69) is 14.9 Å². The molecule has 1 N–H and O–H groups in total. The molecule has 1 aliphatic rings. The molecule has 2 heterocycles. The van der Waals surface area contributed by atoms with E-state index in [0.717, 1.165) is 37.9 Å². The van der Waals surface area contributed by atoms with Gasteiger partial charge in [0.15, 0.2) is 0 Å². The lowest BCUT2D eigenvalue weighted by Crippen LogP contribution is -2.36. The minimum atomic E-state index is 0.805. The van der Waals surface area contributed by atoms with Crippen LogP contribution < -0.4 is 4.90 Å². The molecule has 1 saturated heterocycles. The van der Waals surface area contributed by atoms with Gasteiger partial charge in [-0.3, -0.25) is 0 Å². The van der Waals surface area contributed by atoms with Gasteiger partial charge in [0.2, 0.25) is 5.95 Å². The Morgan fingerprint density at radius 2 is 2.00 bits per heavy atom. The molecule has 1 aliphatic heterocycles. The van der Waals surface area contributed by atoms with Crippen molar-refractivity contribution in [2.45, 2.75) is 20.8 Å². The number of morpholine rings is 1. The Kier molecular flexibility index (Phi) is 4.46. The van der Waals surface area contributed by atoms with E-state index >= 15 is 0 Å². The molecule has 0 aromatic carbocycles. The first-order valence-electron chi connectivity index (χ1n) is 5.20. The zero-order valence-electron chi connectivity index (χ0n) is 9.21. The molecule has 1 aromatic heterocycles. The highest BCUT2D eigenvalue weighted by Gasteiger charge is 2.12. The van der Waals surface area contributed by atoms with Crippen molar-refractivity contribution < 1.29 is 4.74 Å². The number of anilines is 1. The minimum absolute atomic E-state index is 0.805. The SMILES string of the molecule is CC.Cc1cnc(N2CCOCC2)[nH]1. The predicted octanol–water partition coefficient (Wildman–Crippen LogP) is 1.58. The third-order valence-corrected chi connectivity index (χ3v) is 2.00. The van der Waals surface area contributed by atoms with Gasteiger partial charge in [0, 0.05) is 25.0 Å². The van der Waals surface area contributed by atoms with Crippen LogP contribution in [0.15, 0.2) is 6.20 Å². The van der Waals surface area contributed by atoms with Crippen molar-refractivity contribution in [2.75, 3.05) is 31.2 Å². The van der Waals surface area contributed by atoms with E-state index in [1.165, 1.54) is 0 Å². The van der Waals surface area contributed by atoms with Crippen LogP contribution in [0.3, 0.4) is 0 Å². The second kappa shape index (κ2) is 5.65. The maximum absolute atomic E-state index is 5.24. The van der Waals surface area contributed by atoms with Crippen molar-refractivity contribution in [3.63, 3.8) is 0 Å². The first-order valence-corrected chi connectivity index (χ1v) is 5.20. The van der Waals surface area contributed by atoms with Gasteiger partial charge in [0.05, 0.1) is 13.2 Å². The summed E-state index contributed by atoms with van der Waals surface area (Å²) in [4.78, 5) is 9.66. The Hall–Kier alpha value is -1.03. The maximum atomic E-state index is 5.24. The molecule has 0 amide bonds. The van der Waals surface area contributed by atoms with Crippen LogP contribution in [0.5, 0.6) is 0 Å². The molecule has 2 rings (SSSR count). The van der Waals surface area contributed by atoms with E-state index in [1.54, 1.807) is 0 Å². The van der Waals surface area contributed by atoms with Crippen LogP contribution in [0.2, 0.25) is 0 Å². The number of hydrogen-bond donors (Lipinski definition) is 1. The minimum Gasteiger partial charge on any atom is -0.378 e. The standard InChI is InChI=1S/C8H13N3O.C2H6/c1-7-6-9-8(10-7)11-2-4-12-5-3-11;1-2/h6H,2-5H2,1H3,(H,9,10);1-2H3. The molecule has 0 atom stereocenters. The van der Waals surface area contributed by atoms with Crippen LogP contribution in [0.1, 0.15) is 19.5 Å². The monoisotopic (exact) mass is 197 g/mol. The Balaban J connectivity index is 0.000000461. The number of nitrogens with zero attached hydrogens (tertiary/aromatic N) is 2. The molecule has 0 saturated carbocycles. The molecule has 0 radical (unpaired) electrons. The number of aromatic amines is 1. The van der Waals surface area contributed by atoms with Gasteiger partial charge in [-0.25, -0.2) is 4.98 Å². The first kappa shape index (κ1) is 11.0. The van der Waals surface area contributed by atoms with Gasteiger partial charge in [-0.1, -0.05) is 13.8 Å². The quantitative estimate of drug-likeness (QED) is 0.743. The topological polar surface area (TPSA) is 41.2 Å². The summed E-state index contributed by atoms with van der Waals surface area (Å²) in [7, 11) is 0. The molecule has 14 heavy (non-hydrogen) atoms. The number of H-pyrrole nitrogens is 1. The summed E-state index contributed by atoms with van der Waals surface area (Å²) in [5, 5.41) is 0. The van der Waals surface area contributed by atoms with Crippen LogP contribution in [0, 0.1) is 6.92 Å². The molecule has 80 valence electrons. The molecule has 0 bridgehead atoms. The summed E-state index contributed by atoms with van der Waals surface area (Å²) in [6.45, 7) is 9.50. The summed E-state index contributed by atoms with van der Waals surface area (Å²) in [5.41, 5.74) is 1.11. The van der Waals surface area contributed by atoms with Crippen LogP contribution in [0.4, 0.5) is 5.95 Å². The second-order valence-corrected chi connectivity index (χ2v) is 2.99. The average molecular weight is 197 g/mol. The molecule has 0 unspecified atom stereocenters. The third kappa shape index (κ3) is 2.73. The Morgan fingerprint density at radius 1 is 1.36 bits per heavy atom. The molecular formula is C10H19N3O. The van der Waals surface area contributed by atoms with Crippen molar-refractivity contribution in [1.29, 1.82) is 0 Å². The van der Waals surface area contributed by atoms with E-state index in [-0.39, 0.29) is 0 Å². The lowest BCUT2D eigenvalue weighted by molar-refractivity contribution is 0.122. The van der Waals surface area contributed by atoms with E-state index in [4.69, 9.17) is 4.74 Å². The fourth-order valence-electron chi connectivity index (χ4n) is 1.33. The molecule has 4 heteroatoms.